The van der Waals surface area contributed by atoms with Crippen LogP contribution in [0.5, 0.6) is 0 Å². The lowest BCUT2D eigenvalue weighted by Crippen LogP contribution is -3.21. The first-order valence-electron chi connectivity index (χ1n) is 13.0. The fourth-order valence-corrected chi connectivity index (χ4v) is 6.05. The number of piperazine rings is 2. The molecule has 4 aliphatic rings. The number of urea groups is 1. The number of hydrogen-bond acceptors (Lipinski definition) is 4. The second-order valence-electron chi connectivity index (χ2n) is 10.5. The van der Waals surface area contributed by atoms with Crippen molar-refractivity contribution in [2.45, 2.75) is 82.7 Å². The molecule has 0 aromatic carbocycles. The number of amides is 4. The number of carbonyl (C=O) groups excluding carboxylic acids is 3. The van der Waals surface area contributed by atoms with E-state index >= 15 is 0 Å². The van der Waals surface area contributed by atoms with Crippen molar-refractivity contribution >= 4 is 17.8 Å². The van der Waals surface area contributed by atoms with E-state index < -0.39 is 0 Å². The van der Waals surface area contributed by atoms with E-state index in [4.69, 9.17) is 0 Å². The molecule has 0 aliphatic carbocycles. The third kappa shape index (κ3) is 6.16. The van der Waals surface area contributed by atoms with Gasteiger partial charge in [0.15, 0.2) is 6.04 Å². The second kappa shape index (κ2) is 11.0. The van der Waals surface area contributed by atoms with Crippen LogP contribution in [-0.2, 0) is 9.59 Å². The maximum absolute atomic E-state index is 12.9. The molecule has 0 aromatic heterocycles. The van der Waals surface area contributed by atoms with Crippen LogP contribution >= 0.6 is 0 Å². The first kappa shape index (κ1) is 24.2. The minimum atomic E-state index is -0.175. The molecule has 0 aromatic rings. The molecule has 0 bridgehead atoms. The van der Waals surface area contributed by atoms with E-state index in [0.29, 0.717) is 25.6 Å². The maximum atomic E-state index is 12.9. The summed E-state index contributed by atoms with van der Waals surface area (Å²) in [5.74, 6) is 0.303. The molecular weight excluding hydrogens is 422 g/mol. The van der Waals surface area contributed by atoms with Crippen molar-refractivity contribution in [3.63, 3.8) is 0 Å². The number of quaternary nitrogens is 2. The smallest absolute Gasteiger partial charge is 0.315 e. The van der Waals surface area contributed by atoms with Crippen molar-refractivity contribution in [1.82, 2.24) is 25.8 Å². The first-order valence-corrected chi connectivity index (χ1v) is 13.0. The van der Waals surface area contributed by atoms with Crippen molar-refractivity contribution in [1.29, 1.82) is 0 Å². The van der Waals surface area contributed by atoms with E-state index in [2.05, 4.69) is 26.2 Å². The normalized spacial score (nSPS) is 32.9. The van der Waals surface area contributed by atoms with Gasteiger partial charge in [0, 0.05) is 57.9 Å². The van der Waals surface area contributed by atoms with E-state index in [1.807, 2.05) is 18.7 Å². The molecule has 6 N–H and O–H groups in total. The van der Waals surface area contributed by atoms with E-state index in [0.717, 1.165) is 39.1 Å². The van der Waals surface area contributed by atoms with Crippen LogP contribution in [-0.4, -0.2) is 104 Å². The number of hydrogen-bond donors (Lipinski definition) is 5. The van der Waals surface area contributed by atoms with Gasteiger partial charge in [-0.1, -0.05) is 0 Å². The molecular formula is C23H43N7O3+2. The minimum absolute atomic E-state index is 0.0181. The number of rotatable bonds is 6. The summed E-state index contributed by atoms with van der Waals surface area (Å²) in [5, 5.41) is 11.4. The number of piperidine rings is 1. The topological polar surface area (TPSA) is 115 Å². The Balaban J connectivity index is 1.23. The molecule has 10 nitrogen and oxygen atoms in total. The van der Waals surface area contributed by atoms with Crippen LogP contribution in [0.3, 0.4) is 0 Å². The van der Waals surface area contributed by atoms with Gasteiger partial charge in [0.25, 0.3) is 5.91 Å². The average molecular weight is 466 g/mol. The Morgan fingerprint density at radius 2 is 2.00 bits per heavy atom. The summed E-state index contributed by atoms with van der Waals surface area (Å²) in [6.45, 7) is 10.00. The van der Waals surface area contributed by atoms with Gasteiger partial charge in [-0.3, -0.25) is 14.5 Å². The van der Waals surface area contributed by atoms with Gasteiger partial charge in [0.2, 0.25) is 5.91 Å². The van der Waals surface area contributed by atoms with Crippen LogP contribution in [0.15, 0.2) is 0 Å². The van der Waals surface area contributed by atoms with Crippen LogP contribution in [0, 0.1) is 0 Å². The summed E-state index contributed by atoms with van der Waals surface area (Å²) in [6.07, 6.45) is 6.44. The Labute approximate surface area is 197 Å². The number of nitrogens with two attached hydrogens (primary N) is 1. The molecule has 33 heavy (non-hydrogen) atoms. The summed E-state index contributed by atoms with van der Waals surface area (Å²) in [5.41, 5.74) is 0. The molecule has 5 unspecified atom stereocenters. The zero-order valence-electron chi connectivity index (χ0n) is 20.3. The van der Waals surface area contributed by atoms with Gasteiger partial charge in [0.1, 0.15) is 12.2 Å². The third-order valence-electron chi connectivity index (χ3n) is 7.80. The van der Waals surface area contributed by atoms with Gasteiger partial charge in [-0.05, 0) is 26.7 Å². The van der Waals surface area contributed by atoms with E-state index in [1.165, 1.54) is 30.7 Å². The Bertz CT molecular complexity index is 704. The Kier molecular flexibility index (Phi) is 8.08. The summed E-state index contributed by atoms with van der Waals surface area (Å²) in [4.78, 5) is 43.3. The quantitative estimate of drug-likeness (QED) is 0.292. The molecule has 0 radical (unpaired) electrons. The molecule has 4 amide bonds. The highest BCUT2D eigenvalue weighted by Crippen LogP contribution is 2.13. The van der Waals surface area contributed by atoms with Crippen molar-refractivity contribution in [3.8, 4) is 0 Å². The molecule has 0 spiro atoms. The monoisotopic (exact) mass is 465 g/mol. The summed E-state index contributed by atoms with van der Waals surface area (Å²) < 4.78 is 0. The molecule has 4 rings (SSSR count). The van der Waals surface area contributed by atoms with Crippen molar-refractivity contribution < 1.29 is 24.6 Å². The average Bonchev–Trinajstić information content (AvgIpc) is 3.23. The molecule has 5 atom stereocenters. The highest BCUT2D eigenvalue weighted by Gasteiger charge is 2.48. The van der Waals surface area contributed by atoms with Crippen LogP contribution in [0.25, 0.3) is 0 Å². The van der Waals surface area contributed by atoms with E-state index in [9.17, 15) is 14.4 Å². The molecule has 10 heteroatoms. The Morgan fingerprint density at radius 3 is 2.70 bits per heavy atom. The molecule has 4 aliphatic heterocycles. The van der Waals surface area contributed by atoms with Crippen LogP contribution in [0.4, 0.5) is 4.79 Å². The zero-order chi connectivity index (χ0) is 23.4. The largest absolute Gasteiger partial charge is 0.345 e. The van der Waals surface area contributed by atoms with Crippen LogP contribution < -0.4 is 26.2 Å². The van der Waals surface area contributed by atoms with Gasteiger partial charge in [0.05, 0.1) is 25.7 Å². The molecule has 0 saturated carbocycles. The van der Waals surface area contributed by atoms with Gasteiger partial charge in [-0.2, -0.15) is 0 Å². The van der Waals surface area contributed by atoms with E-state index in [1.54, 1.807) is 0 Å². The van der Waals surface area contributed by atoms with Gasteiger partial charge >= 0.3 is 6.03 Å². The standard InChI is InChI=1S/C23H41N7O3/c1-16(2)26-23(33)27-17-13-19-22(32)25-14-18(30(19)15-17)6-7-21(31)29-11-9-28(10-12-29)20-5-3-4-8-24-20/h16-20,24H,3-15H2,1-2H3,(H,25,32)(H2,26,27,33)/p+2. The number of nitrogens with zero attached hydrogens (tertiary/aromatic N) is 2. The lowest BCUT2D eigenvalue weighted by atomic mass is 10.0. The SMILES string of the molecule is CC(C)NC(=O)NC1CC2C(=O)NCC(CCC(=O)N3CCN(C4CCCC[NH2+]4)CC3)[NH+]2C1. The predicted molar refractivity (Wildman–Crippen MR) is 123 cm³/mol. The molecule has 4 heterocycles. The fraction of sp³-hybridized carbons (Fsp3) is 0.870. The molecule has 186 valence electrons. The minimum Gasteiger partial charge on any atom is -0.345 e. The van der Waals surface area contributed by atoms with Crippen molar-refractivity contribution in [2.75, 3.05) is 45.8 Å². The lowest BCUT2D eigenvalue weighted by molar-refractivity contribution is -0.930. The number of nitrogens with one attached hydrogen (secondary N) is 4. The van der Waals surface area contributed by atoms with Crippen LogP contribution in [0.1, 0.15) is 52.4 Å². The Hall–Kier alpha value is -1.91. The van der Waals surface area contributed by atoms with Gasteiger partial charge in [-0.25, -0.2) is 4.79 Å². The van der Waals surface area contributed by atoms with Crippen LogP contribution in [0.2, 0.25) is 0 Å². The fourth-order valence-electron chi connectivity index (χ4n) is 6.05. The van der Waals surface area contributed by atoms with Crippen molar-refractivity contribution in [2.24, 2.45) is 0 Å². The van der Waals surface area contributed by atoms with E-state index in [-0.39, 0.29) is 42.0 Å². The van der Waals surface area contributed by atoms with Gasteiger partial charge < -0.3 is 31.1 Å². The summed E-state index contributed by atoms with van der Waals surface area (Å²) in [7, 11) is 0. The number of carbonyl (C=O) groups is 3. The first-order chi connectivity index (χ1) is 15.9. The summed E-state index contributed by atoms with van der Waals surface area (Å²) >= 11 is 0. The lowest BCUT2D eigenvalue weighted by Gasteiger charge is -2.39. The highest BCUT2D eigenvalue weighted by atomic mass is 16.2. The van der Waals surface area contributed by atoms with Gasteiger partial charge in [-0.15, -0.1) is 0 Å². The Morgan fingerprint density at radius 1 is 1.21 bits per heavy atom. The molecule has 4 fully saturated rings. The van der Waals surface area contributed by atoms with Crippen molar-refractivity contribution in [3.05, 3.63) is 0 Å². The molecule has 4 saturated heterocycles. The zero-order valence-corrected chi connectivity index (χ0v) is 20.3. The summed E-state index contributed by atoms with van der Waals surface area (Å²) in [6, 6.07) is -0.0406. The predicted octanol–water partition coefficient (Wildman–Crippen LogP) is -2.78. The maximum Gasteiger partial charge on any atom is 0.315 e. The third-order valence-corrected chi connectivity index (χ3v) is 7.80. The number of fused-ring (bicyclic) bond motifs is 1. The highest BCUT2D eigenvalue weighted by molar-refractivity contribution is 5.81. The second-order valence-corrected chi connectivity index (χ2v) is 10.5.